The molecule has 0 saturated carbocycles. The SMILES string of the molecule is CN1CC[C@@H]2/C(=N/O)c3ccccc3[C@@H]2C1. The standard InChI is InChI=1S/C13H16N2O/c1-15-7-6-11-12(8-15)9-4-2-3-5-10(9)13(11)14-16/h2-5,11-12,16H,6-8H2,1H3/b14-13+/t11-,12-/m0/s1. The van der Waals surface area contributed by atoms with Crippen LogP contribution in [0.1, 0.15) is 23.5 Å². The fourth-order valence-electron chi connectivity index (χ4n) is 3.14. The van der Waals surface area contributed by atoms with Gasteiger partial charge in [0.15, 0.2) is 0 Å². The molecule has 1 heterocycles. The summed E-state index contributed by atoms with van der Waals surface area (Å²) >= 11 is 0. The van der Waals surface area contributed by atoms with Gasteiger partial charge in [-0.25, -0.2) is 0 Å². The lowest BCUT2D eigenvalue weighted by Crippen LogP contribution is -2.36. The quantitative estimate of drug-likeness (QED) is 0.531. The van der Waals surface area contributed by atoms with Crippen molar-refractivity contribution in [1.82, 2.24) is 4.90 Å². The summed E-state index contributed by atoms with van der Waals surface area (Å²) in [6, 6.07) is 8.34. The number of fused-ring (bicyclic) bond motifs is 3. The molecule has 0 aromatic heterocycles. The van der Waals surface area contributed by atoms with Crippen LogP contribution in [0.5, 0.6) is 0 Å². The summed E-state index contributed by atoms with van der Waals surface area (Å²) in [6.45, 7) is 2.16. The molecule has 2 atom stereocenters. The van der Waals surface area contributed by atoms with Crippen LogP contribution in [0.15, 0.2) is 29.4 Å². The van der Waals surface area contributed by atoms with E-state index >= 15 is 0 Å². The van der Waals surface area contributed by atoms with Gasteiger partial charge >= 0.3 is 0 Å². The van der Waals surface area contributed by atoms with E-state index in [0.29, 0.717) is 11.8 Å². The molecular formula is C13H16N2O. The monoisotopic (exact) mass is 216 g/mol. The highest BCUT2D eigenvalue weighted by Gasteiger charge is 2.40. The van der Waals surface area contributed by atoms with Crippen LogP contribution in [-0.2, 0) is 0 Å². The second kappa shape index (κ2) is 3.59. The molecule has 3 rings (SSSR count). The number of rotatable bonds is 0. The van der Waals surface area contributed by atoms with Crippen LogP contribution in [0.3, 0.4) is 0 Å². The average molecular weight is 216 g/mol. The minimum atomic E-state index is 0.415. The maximum atomic E-state index is 9.19. The van der Waals surface area contributed by atoms with E-state index in [-0.39, 0.29) is 0 Å². The van der Waals surface area contributed by atoms with Crippen LogP contribution in [0, 0.1) is 5.92 Å². The highest BCUT2D eigenvalue weighted by atomic mass is 16.4. The number of oxime groups is 1. The summed E-state index contributed by atoms with van der Waals surface area (Å²) < 4.78 is 0. The fraction of sp³-hybridized carbons (Fsp3) is 0.462. The Hall–Kier alpha value is -1.35. The van der Waals surface area contributed by atoms with Crippen molar-refractivity contribution < 1.29 is 5.21 Å². The average Bonchev–Trinajstić information content (AvgIpc) is 2.62. The molecule has 0 unspecified atom stereocenters. The van der Waals surface area contributed by atoms with Crippen LogP contribution >= 0.6 is 0 Å². The Morgan fingerprint density at radius 2 is 2.12 bits per heavy atom. The molecule has 2 aliphatic rings. The molecule has 16 heavy (non-hydrogen) atoms. The Morgan fingerprint density at radius 1 is 1.31 bits per heavy atom. The maximum absolute atomic E-state index is 9.19. The van der Waals surface area contributed by atoms with Crippen LogP contribution in [0.2, 0.25) is 0 Å². The number of hydrogen-bond acceptors (Lipinski definition) is 3. The van der Waals surface area contributed by atoms with Gasteiger partial charge in [-0.3, -0.25) is 0 Å². The highest BCUT2D eigenvalue weighted by molar-refractivity contribution is 6.06. The van der Waals surface area contributed by atoms with E-state index in [4.69, 9.17) is 0 Å². The summed E-state index contributed by atoms with van der Waals surface area (Å²) in [6.07, 6.45) is 1.09. The van der Waals surface area contributed by atoms with Crippen molar-refractivity contribution in [3.63, 3.8) is 0 Å². The van der Waals surface area contributed by atoms with Gasteiger partial charge in [0.2, 0.25) is 0 Å². The normalized spacial score (nSPS) is 31.4. The van der Waals surface area contributed by atoms with Gasteiger partial charge in [0, 0.05) is 23.9 Å². The minimum Gasteiger partial charge on any atom is -0.411 e. The van der Waals surface area contributed by atoms with Crippen LogP contribution < -0.4 is 0 Å². The Kier molecular flexibility index (Phi) is 2.21. The van der Waals surface area contributed by atoms with E-state index in [1.54, 1.807) is 0 Å². The second-order valence-corrected chi connectivity index (χ2v) is 4.84. The molecule has 84 valence electrons. The summed E-state index contributed by atoms with van der Waals surface area (Å²) in [7, 11) is 2.16. The molecule has 1 N–H and O–H groups in total. The molecule has 3 heteroatoms. The van der Waals surface area contributed by atoms with Crippen molar-refractivity contribution in [3.8, 4) is 0 Å². The summed E-state index contributed by atoms with van der Waals surface area (Å²) in [5.41, 5.74) is 3.40. The van der Waals surface area contributed by atoms with Gasteiger partial charge in [-0.15, -0.1) is 0 Å². The van der Waals surface area contributed by atoms with Crippen molar-refractivity contribution in [2.45, 2.75) is 12.3 Å². The van der Waals surface area contributed by atoms with Gasteiger partial charge in [0.05, 0.1) is 5.71 Å². The van der Waals surface area contributed by atoms with Crippen molar-refractivity contribution in [3.05, 3.63) is 35.4 Å². The molecule has 1 aromatic carbocycles. The van der Waals surface area contributed by atoms with Gasteiger partial charge in [0.25, 0.3) is 0 Å². The molecule has 0 bridgehead atoms. The first-order valence-corrected chi connectivity index (χ1v) is 5.81. The first-order chi connectivity index (χ1) is 7.81. The minimum absolute atomic E-state index is 0.415. The van der Waals surface area contributed by atoms with Crippen molar-refractivity contribution in [2.24, 2.45) is 11.1 Å². The molecule has 0 amide bonds. The Morgan fingerprint density at radius 3 is 2.94 bits per heavy atom. The Bertz CT molecular complexity index is 441. The smallest absolute Gasteiger partial charge is 0.0908 e. The lowest BCUT2D eigenvalue weighted by molar-refractivity contribution is 0.224. The largest absolute Gasteiger partial charge is 0.411 e. The van der Waals surface area contributed by atoms with Gasteiger partial charge in [-0.2, -0.15) is 0 Å². The third kappa shape index (κ3) is 1.28. The zero-order chi connectivity index (χ0) is 11.1. The van der Waals surface area contributed by atoms with Gasteiger partial charge in [-0.1, -0.05) is 29.4 Å². The third-order valence-corrected chi connectivity index (χ3v) is 3.91. The molecule has 1 saturated heterocycles. The Balaban J connectivity index is 2.09. The molecule has 1 fully saturated rings. The molecule has 1 aliphatic carbocycles. The van der Waals surface area contributed by atoms with E-state index in [0.717, 1.165) is 30.8 Å². The van der Waals surface area contributed by atoms with E-state index in [1.165, 1.54) is 5.56 Å². The molecule has 1 aromatic rings. The maximum Gasteiger partial charge on any atom is 0.0908 e. The van der Waals surface area contributed by atoms with Gasteiger partial charge in [-0.05, 0) is 25.6 Å². The lowest BCUT2D eigenvalue weighted by Gasteiger charge is -2.32. The molecule has 0 spiro atoms. The number of likely N-dealkylation sites (N-methyl/N-ethyl adjacent to an activating group) is 1. The van der Waals surface area contributed by atoms with Crippen molar-refractivity contribution in [1.29, 1.82) is 0 Å². The van der Waals surface area contributed by atoms with Crippen molar-refractivity contribution in [2.75, 3.05) is 20.1 Å². The summed E-state index contributed by atoms with van der Waals surface area (Å²) in [5, 5.41) is 12.7. The summed E-state index contributed by atoms with van der Waals surface area (Å²) in [4.78, 5) is 2.36. The van der Waals surface area contributed by atoms with E-state index in [9.17, 15) is 5.21 Å². The molecule has 1 aliphatic heterocycles. The molecule has 3 nitrogen and oxygen atoms in total. The first-order valence-electron chi connectivity index (χ1n) is 5.81. The third-order valence-electron chi connectivity index (χ3n) is 3.91. The zero-order valence-corrected chi connectivity index (χ0v) is 9.43. The fourth-order valence-corrected chi connectivity index (χ4v) is 3.14. The number of benzene rings is 1. The van der Waals surface area contributed by atoms with Crippen LogP contribution in [-0.4, -0.2) is 36.0 Å². The predicted octanol–water partition coefficient (Wildman–Crippen LogP) is 1.91. The number of piperidine rings is 1. The number of hydrogen-bond donors (Lipinski definition) is 1. The molecule has 0 radical (unpaired) electrons. The van der Waals surface area contributed by atoms with Gasteiger partial charge < -0.3 is 10.1 Å². The molecular weight excluding hydrogens is 200 g/mol. The first kappa shape index (κ1) is 9.85. The van der Waals surface area contributed by atoms with E-state index in [2.05, 4.69) is 35.3 Å². The van der Waals surface area contributed by atoms with Crippen LogP contribution in [0.25, 0.3) is 0 Å². The van der Waals surface area contributed by atoms with Crippen molar-refractivity contribution >= 4 is 5.71 Å². The van der Waals surface area contributed by atoms with Gasteiger partial charge in [0.1, 0.15) is 0 Å². The topological polar surface area (TPSA) is 35.8 Å². The summed E-state index contributed by atoms with van der Waals surface area (Å²) in [5.74, 6) is 0.930. The lowest BCUT2D eigenvalue weighted by atomic mass is 9.86. The zero-order valence-electron chi connectivity index (χ0n) is 9.43. The number of nitrogens with zero attached hydrogens (tertiary/aromatic N) is 2. The van der Waals surface area contributed by atoms with E-state index < -0.39 is 0 Å². The van der Waals surface area contributed by atoms with E-state index in [1.807, 2.05) is 6.07 Å². The Labute approximate surface area is 95.4 Å². The van der Waals surface area contributed by atoms with Crippen LogP contribution in [0.4, 0.5) is 0 Å². The number of likely N-dealkylation sites (tertiary alicyclic amines) is 1. The second-order valence-electron chi connectivity index (χ2n) is 4.84. The predicted molar refractivity (Wildman–Crippen MR) is 63.1 cm³/mol. The highest BCUT2D eigenvalue weighted by Crippen LogP contribution is 2.42.